The fourth-order valence-corrected chi connectivity index (χ4v) is 1.99. The van der Waals surface area contributed by atoms with Crippen LogP contribution >= 0.6 is 0 Å². The van der Waals surface area contributed by atoms with E-state index in [2.05, 4.69) is 26.8 Å². The number of aliphatic hydroxyl groups is 1. The maximum Gasteiger partial charge on any atom is 0.0754 e. The van der Waals surface area contributed by atoms with Crippen molar-refractivity contribution in [3.8, 4) is 0 Å². The van der Waals surface area contributed by atoms with Gasteiger partial charge in [-0.25, -0.2) is 0 Å². The SMILES string of the molecule is CCC1=C[C@@H](O)[C@H](C(C)C)CC1. The zero-order valence-corrected chi connectivity index (χ0v) is 8.38. The van der Waals surface area contributed by atoms with E-state index < -0.39 is 0 Å². The van der Waals surface area contributed by atoms with Crippen LogP contribution < -0.4 is 0 Å². The first kappa shape index (κ1) is 9.79. The summed E-state index contributed by atoms with van der Waals surface area (Å²) in [5, 5.41) is 9.76. The number of aliphatic hydroxyl groups excluding tert-OH is 1. The third-order valence-electron chi connectivity index (χ3n) is 2.95. The lowest BCUT2D eigenvalue weighted by molar-refractivity contribution is 0.107. The quantitative estimate of drug-likeness (QED) is 0.629. The molecule has 12 heavy (non-hydrogen) atoms. The minimum atomic E-state index is -0.186. The molecule has 0 saturated carbocycles. The molecule has 1 nitrogen and oxygen atoms in total. The molecule has 1 rings (SSSR count). The van der Waals surface area contributed by atoms with Gasteiger partial charge in [0.1, 0.15) is 0 Å². The van der Waals surface area contributed by atoms with Crippen LogP contribution in [0.15, 0.2) is 11.6 Å². The van der Waals surface area contributed by atoms with E-state index in [1.807, 2.05) is 0 Å². The molecule has 0 amide bonds. The van der Waals surface area contributed by atoms with Crippen LogP contribution in [-0.2, 0) is 0 Å². The minimum absolute atomic E-state index is 0.186. The van der Waals surface area contributed by atoms with Crippen LogP contribution in [0.5, 0.6) is 0 Å². The fourth-order valence-electron chi connectivity index (χ4n) is 1.99. The topological polar surface area (TPSA) is 20.2 Å². The Hall–Kier alpha value is -0.300. The molecule has 1 heteroatoms. The first-order chi connectivity index (χ1) is 5.65. The van der Waals surface area contributed by atoms with Crippen LogP contribution in [0, 0.1) is 11.8 Å². The zero-order valence-electron chi connectivity index (χ0n) is 8.38. The molecule has 0 heterocycles. The molecular weight excluding hydrogens is 148 g/mol. The van der Waals surface area contributed by atoms with E-state index in [9.17, 15) is 5.11 Å². The molecule has 0 spiro atoms. The lowest BCUT2D eigenvalue weighted by Crippen LogP contribution is -2.26. The monoisotopic (exact) mass is 168 g/mol. The van der Waals surface area contributed by atoms with Gasteiger partial charge in [-0.2, -0.15) is 0 Å². The first-order valence-electron chi connectivity index (χ1n) is 5.02. The Labute approximate surface area is 75.5 Å². The normalized spacial score (nSPS) is 30.6. The zero-order chi connectivity index (χ0) is 9.14. The van der Waals surface area contributed by atoms with Crippen LogP contribution in [-0.4, -0.2) is 11.2 Å². The second-order valence-corrected chi connectivity index (χ2v) is 4.12. The predicted octanol–water partition coefficient (Wildman–Crippen LogP) is 2.75. The minimum Gasteiger partial charge on any atom is -0.389 e. The molecule has 0 radical (unpaired) electrons. The molecule has 0 aromatic heterocycles. The van der Waals surface area contributed by atoms with Gasteiger partial charge in [-0.3, -0.25) is 0 Å². The van der Waals surface area contributed by atoms with Gasteiger partial charge in [0.25, 0.3) is 0 Å². The summed E-state index contributed by atoms with van der Waals surface area (Å²) < 4.78 is 0. The highest BCUT2D eigenvalue weighted by Crippen LogP contribution is 2.30. The van der Waals surface area contributed by atoms with E-state index in [0.717, 1.165) is 6.42 Å². The second-order valence-electron chi connectivity index (χ2n) is 4.12. The molecule has 0 aromatic carbocycles. The number of hydrogen-bond donors (Lipinski definition) is 1. The van der Waals surface area contributed by atoms with Crippen LogP contribution in [0.3, 0.4) is 0 Å². The molecule has 0 saturated heterocycles. The van der Waals surface area contributed by atoms with Crippen molar-refractivity contribution in [2.45, 2.75) is 46.1 Å². The van der Waals surface area contributed by atoms with E-state index >= 15 is 0 Å². The Balaban J connectivity index is 2.60. The Morgan fingerprint density at radius 1 is 1.58 bits per heavy atom. The molecular formula is C11H20O. The van der Waals surface area contributed by atoms with Gasteiger partial charge in [0.2, 0.25) is 0 Å². The van der Waals surface area contributed by atoms with Crippen molar-refractivity contribution in [2.75, 3.05) is 0 Å². The summed E-state index contributed by atoms with van der Waals surface area (Å²) in [5.74, 6) is 1.09. The van der Waals surface area contributed by atoms with Gasteiger partial charge in [0.15, 0.2) is 0 Å². The Bertz CT molecular complexity index is 170. The molecule has 1 aliphatic carbocycles. The summed E-state index contributed by atoms with van der Waals surface area (Å²) in [6.45, 7) is 6.55. The van der Waals surface area contributed by atoms with Crippen molar-refractivity contribution < 1.29 is 5.11 Å². The van der Waals surface area contributed by atoms with E-state index in [4.69, 9.17) is 0 Å². The molecule has 0 unspecified atom stereocenters. The predicted molar refractivity (Wildman–Crippen MR) is 51.9 cm³/mol. The number of allylic oxidation sites excluding steroid dienone is 1. The lowest BCUT2D eigenvalue weighted by Gasteiger charge is -2.29. The van der Waals surface area contributed by atoms with Crippen molar-refractivity contribution in [3.63, 3.8) is 0 Å². The van der Waals surface area contributed by atoms with Crippen molar-refractivity contribution in [1.82, 2.24) is 0 Å². The molecule has 1 aliphatic rings. The Morgan fingerprint density at radius 3 is 2.67 bits per heavy atom. The standard InChI is InChI=1S/C11H20O/c1-4-9-5-6-10(8(2)3)11(12)7-9/h7-8,10-12H,4-6H2,1-3H3/t10-,11+/m0/s1. The van der Waals surface area contributed by atoms with Gasteiger partial charge in [-0.15, -0.1) is 0 Å². The molecule has 1 N–H and O–H groups in total. The third kappa shape index (κ3) is 2.10. The van der Waals surface area contributed by atoms with Crippen molar-refractivity contribution in [2.24, 2.45) is 11.8 Å². The highest BCUT2D eigenvalue weighted by Gasteiger charge is 2.24. The molecule has 70 valence electrons. The van der Waals surface area contributed by atoms with Crippen LogP contribution in [0.2, 0.25) is 0 Å². The van der Waals surface area contributed by atoms with E-state index in [0.29, 0.717) is 11.8 Å². The molecule has 0 bridgehead atoms. The van der Waals surface area contributed by atoms with Gasteiger partial charge in [-0.05, 0) is 31.1 Å². The average Bonchev–Trinajstić information content (AvgIpc) is 2.03. The Kier molecular flexibility index (Phi) is 3.33. The van der Waals surface area contributed by atoms with Gasteiger partial charge >= 0.3 is 0 Å². The molecule has 0 aromatic rings. The second kappa shape index (κ2) is 4.08. The van der Waals surface area contributed by atoms with Crippen LogP contribution in [0.25, 0.3) is 0 Å². The highest BCUT2D eigenvalue weighted by molar-refractivity contribution is 5.10. The van der Waals surface area contributed by atoms with Crippen molar-refractivity contribution in [1.29, 1.82) is 0 Å². The smallest absolute Gasteiger partial charge is 0.0754 e. The molecule has 2 atom stereocenters. The van der Waals surface area contributed by atoms with Crippen molar-refractivity contribution in [3.05, 3.63) is 11.6 Å². The first-order valence-corrected chi connectivity index (χ1v) is 5.02. The van der Waals surface area contributed by atoms with Gasteiger partial charge in [-0.1, -0.05) is 32.4 Å². The maximum atomic E-state index is 9.76. The Morgan fingerprint density at radius 2 is 2.25 bits per heavy atom. The fraction of sp³-hybridized carbons (Fsp3) is 0.818. The molecule has 0 fully saturated rings. The molecule has 0 aliphatic heterocycles. The van der Waals surface area contributed by atoms with Crippen LogP contribution in [0.4, 0.5) is 0 Å². The maximum absolute atomic E-state index is 9.76. The number of rotatable bonds is 2. The summed E-state index contributed by atoms with van der Waals surface area (Å²) >= 11 is 0. The van der Waals surface area contributed by atoms with Gasteiger partial charge < -0.3 is 5.11 Å². The summed E-state index contributed by atoms with van der Waals surface area (Å²) in [4.78, 5) is 0. The average molecular weight is 168 g/mol. The summed E-state index contributed by atoms with van der Waals surface area (Å²) in [7, 11) is 0. The summed E-state index contributed by atoms with van der Waals surface area (Å²) in [6, 6.07) is 0. The van der Waals surface area contributed by atoms with Crippen LogP contribution in [0.1, 0.15) is 40.0 Å². The lowest BCUT2D eigenvalue weighted by atomic mass is 9.80. The largest absolute Gasteiger partial charge is 0.389 e. The van der Waals surface area contributed by atoms with Crippen molar-refractivity contribution >= 4 is 0 Å². The van der Waals surface area contributed by atoms with E-state index in [-0.39, 0.29) is 6.10 Å². The number of hydrogen-bond acceptors (Lipinski definition) is 1. The van der Waals surface area contributed by atoms with E-state index in [1.54, 1.807) is 0 Å². The summed E-state index contributed by atoms with van der Waals surface area (Å²) in [5.41, 5.74) is 1.43. The van der Waals surface area contributed by atoms with Gasteiger partial charge in [0.05, 0.1) is 6.10 Å². The highest BCUT2D eigenvalue weighted by atomic mass is 16.3. The summed E-state index contributed by atoms with van der Waals surface area (Å²) in [6.07, 6.45) is 5.33. The third-order valence-corrected chi connectivity index (χ3v) is 2.95. The van der Waals surface area contributed by atoms with E-state index in [1.165, 1.54) is 18.4 Å². The van der Waals surface area contributed by atoms with Gasteiger partial charge in [0, 0.05) is 0 Å².